The van der Waals surface area contributed by atoms with Crippen molar-refractivity contribution in [2.24, 2.45) is 0 Å². The first kappa shape index (κ1) is 16.9. The van der Waals surface area contributed by atoms with E-state index in [-0.39, 0.29) is 11.4 Å². The van der Waals surface area contributed by atoms with Gasteiger partial charge < -0.3 is 10.6 Å². The molecular formula is C22H22FN3. The SMILES string of the molecule is Fc1ccc(-c2cccc(CNC3(c4ccccc4)CCNC3)n2)cc1. The van der Waals surface area contributed by atoms with Gasteiger partial charge in [-0.2, -0.15) is 0 Å². The standard InChI is InChI=1S/C22H22FN3/c23-19-11-9-17(10-12-19)21-8-4-7-20(26-21)15-25-22(13-14-24-16-22)18-5-2-1-3-6-18/h1-12,24-25H,13-16H2. The smallest absolute Gasteiger partial charge is 0.123 e. The lowest BCUT2D eigenvalue weighted by molar-refractivity contribution is 0.360. The predicted octanol–water partition coefficient (Wildman–Crippen LogP) is 3.87. The van der Waals surface area contributed by atoms with Crippen molar-refractivity contribution in [3.63, 3.8) is 0 Å². The van der Waals surface area contributed by atoms with Crippen LogP contribution in [0, 0.1) is 5.82 Å². The van der Waals surface area contributed by atoms with E-state index < -0.39 is 0 Å². The molecule has 0 saturated carbocycles. The minimum Gasteiger partial charge on any atom is -0.314 e. The molecule has 1 unspecified atom stereocenters. The Bertz CT molecular complexity index is 856. The van der Waals surface area contributed by atoms with Crippen molar-refractivity contribution in [3.8, 4) is 11.3 Å². The maximum Gasteiger partial charge on any atom is 0.123 e. The Morgan fingerprint density at radius 1 is 0.962 bits per heavy atom. The van der Waals surface area contributed by atoms with Crippen molar-refractivity contribution in [1.29, 1.82) is 0 Å². The molecule has 2 aromatic carbocycles. The van der Waals surface area contributed by atoms with E-state index in [1.54, 1.807) is 12.1 Å². The Balaban J connectivity index is 1.54. The summed E-state index contributed by atoms with van der Waals surface area (Å²) in [5.74, 6) is -0.231. The summed E-state index contributed by atoms with van der Waals surface area (Å²) in [4.78, 5) is 4.75. The second-order valence-electron chi connectivity index (χ2n) is 6.75. The van der Waals surface area contributed by atoms with Crippen LogP contribution in [-0.4, -0.2) is 18.1 Å². The molecule has 2 heterocycles. The fourth-order valence-corrected chi connectivity index (χ4v) is 3.57. The van der Waals surface area contributed by atoms with E-state index in [1.165, 1.54) is 17.7 Å². The second-order valence-corrected chi connectivity index (χ2v) is 6.75. The van der Waals surface area contributed by atoms with Gasteiger partial charge in [-0.05, 0) is 54.9 Å². The average molecular weight is 347 g/mol. The zero-order valence-corrected chi connectivity index (χ0v) is 14.6. The summed E-state index contributed by atoms with van der Waals surface area (Å²) >= 11 is 0. The Morgan fingerprint density at radius 2 is 1.77 bits per heavy atom. The fourth-order valence-electron chi connectivity index (χ4n) is 3.57. The molecule has 4 heteroatoms. The number of benzene rings is 2. The summed E-state index contributed by atoms with van der Waals surface area (Å²) in [7, 11) is 0. The molecular weight excluding hydrogens is 325 g/mol. The molecule has 4 rings (SSSR count). The van der Waals surface area contributed by atoms with E-state index in [0.717, 1.165) is 36.5 Å². The summed E-state index contributed by atoms with van der Waals surface area (Å²) in [6, 6.07) is 23.1. The minimum absolute atomic E-state index is 0.0607. The van der Waals surface area contributed by atoms with Gasteiger partial charge in [-0.15, -0.1) is 0 Å². The first-order chi connectivity index (χ1) is 12.8. The maximum absolute atomic E-state index is 13.1. The van der Waals surface area contributed by atoms with Gasteiger partial charge in [-0.1, -0.05) is 36.4 Å². The molecule has 0 aliphatic carbocycles. The van der Waals surface area contributed by atoms with Gasteiger partial charge >= 0.3 is 0 Å². The third-order valence-corrected chi connectivity index (χ3v) is 5.04. The van der Waals surface area contributed by atoms with E-state index >= 15 is 0 Å². The fraction of sp³-hybridized carbons (Fsp3) is 0.227. The number of pyridine rings is 1. The van der Waals surface area contributed by atoms with E-state index in [1.807, 2.05) is 24.3 Å². The molecule has 3 nitrogen and oxygen atoms in total. The molecule has 2 N–H and O–H groups in total. The van der Waals surface area contributed by atoms with Crippen molar-refractivity contribution in [2.75, 3.05) is 13.1 Å². The lowest BCUT2D eigenvalue weighted by atomic mass is 9.89. The van der Waals surface area contributed by atoms with Crippen LogP contribution < -0.4 is 10.6 Å². The summed E-state index contributed by atoms with van der Waals surface area (Å²) in [5, 5.41) is 7.20. The van der Waals surface area contributed by atoms with Crippen molar-refractivity contribution in [2.45, 2.75) is 18.5 Å². The van der Waals surface area contributed by atoms with Crippen molar-refractivity contribution in [1.82, 2.24) is 15.6 Å². The van der Waals surface area contributed by atoms with Crippen LogP contribution in [0.3, 0.4) is 0 Å². The number of nitrogens with zero attached hydrogens (tertiary/aromatic N) is 1. The lowest BCUT2D eigenvalue weighted by Gasteiger charge is -2.30. The van der Waals surface area contributed by atoms with Gasteiger partial charge in [-0.25, -0.2) is 4.39 Å². The van der Waals surface area contributed by atoms with Gasteiger partial charge in [0.1, 0.15) is 5.82 Å². The van der Waals surface area contributed by atoms with Crippen LogP contribution in [0.25, 0.3) is 11.3 Å². The Morgan fingerprint density at radius 3 is 2.50 bits per heavy atom. The molecule has 1 aliphatic rings. The second kappa shape index (κ2) is 7.36. The lowest BCUT2D eigenvalue weighted by Crippen LogP contribution is -2.43. The topological polar surface area (TPSA) is 37.0 Å². The number of rotatable bonds is 5. The van der Waals surface area contributed by atoms with Crippen LogP contribution in [0.15, 0.2) is 72.8 Å². The van der Waals surface area contributed by atoms with E-state index in [2.05, 4.69) is 34.9 Å². The molecule has 1 atom stereocenters. The van der Waals surface area contributed by atoms with Gasteiger partial charge in [0, 0.05) is 18.7 Å². The Hall–Kier alpha value is -2.56. The molecule has 0 radical (unpaired) electrons. The molecule has 0 spiro atoms. The van der Waals surface area contributed by atoms with Crippen LogP contribution >= 0.6 is 0 Å². The predicted molar refractivity (Wildman–Crippen MR) is 102 cm³/mol. The Kier molecular flexibility index (Phi) is 4.78. The van der Waals surface area contributed by atoms with Gasteiger partial charge in [0.2, 0.25) is 0 Å². The molecule has 0 bridgehead atoms. The van der Waals surface area contributed by atoms with Gasteiger partial charge in [-0.3, -0.25) is 4.98 Å². The minimum atomic E-state index is -0.231. The van der Waals surface area contributed by atoms with E-state index in [4.69, 9.17) is 4.98 Å². The zero-order chi connectivity index (χ0) is 17.8. The summed E-state index contributed by atoms with van der Waals surface area (Å²) in [6.45, 7) is 2.60. The molecule has 1 saturated heterocycles. The molecule has 26 heavy (non-hydrogen) atoms. The van der Waals surface area contributed by atoms with Crippen molar-refractivity contribution < 1.29 is 4.39 Å². The largest absolute Gasteiger partial charge is 0.314 e. The normalized spacial score (nSPS) is 19.6. The maximum atomic E-state index is 13.1. The first-order valence-electron chi connectivity index (χ1n) is 8.98. The van der Waals surface area contributed by atoms with Gasteiger partial charge in [0.15, 0.2) is 0 Å². The van der Waals surface area contributed by atoms with Crippen molar-refractivity contribution in [3.05, 3.63) is 89.9 Å². The van der Waals surface area contributed by atoms with E-state index in [9.17, 15) is 4.39 Å². The number of hydrogen-bond donors (Lipinski definition) is 2. The highest BCUT2D eigenvalue weighted by molar-refractivity contribution is 5.58. The average Bonchev–Trinajstić information content (AvgIpc) is 3.18. The van der Waals surface area contributed by atoms with Crippen LogP contribution in [-0.2, 0) is 12.1 Å². The van der Waals surface area contributed by atoms with Crippen LogP contribution in [0.2, 0.25) is 0 Å². The summed E-state index contributed by atoms with van der Waals surface area (Å²) in [6.07, 6.45) is 1.05. The van der Waals surface area contributed by atoms with E-state index in [0.29, 0.717) is 6.54 Å². The number of halogens is 1. The summed E-state index contributed by atoms with van der Waals surface area (Å²) < 4.78 is 13.1. The highest BCUT2D eigenvalue weighted by Gasteiger charge is 2.34. The number of nitrogens with one attached hydrogen (secondary N) is 2. The molecule has 3 aromatic rings. The monoisotopic (exact) mass is 347 g/mol. The molecule has 0 amide bonds. The molecule has 1 aliphatic heterocycles. The molecule has 132 valence electrons. The Labute approximate surface area is 153 Å². The highest BCUT2D eigenvalue weighted by Crippen LogP contribution is 2.28. The number of aromatic nitrogens is 1. The first-order valence-corrected chi connectivity index (χ1v) is 8.98. The van der Waals surface area contributed by atoms with Crippen LogP contribution in [0.5, 0.6) is 0 Å². The van der Waals surface area contributed by atoms with Crippen LogP contribution in [0.1, 0.15) is 17.7 Å². The zero-order valence-electron chi connectivity index (χ0n) is 14.6. The summed E-state index contributed by atoms with van der Waals surface area (Å²) in [5.41, 5.74) is 4.01. The van der Waals surface area contributed by atoms with Gasteiger partial charge in [0.25, 0.3) is 0 Å². The van der Waals surface area contributed by atoms with Gasteiger partial charge in [0.05, 0.1) is 16.9 Å². The quantitative estimate of drug-likeness (QED) is 0.736. The third kappa shape index (κ3) is 3.52. The molecule has 1 fully saturated rings. The highest BCUT2D eigenvalue weighted by atomic mass is 19.1. The molecule has 1 aromatic heterocycles. The number of hydrogen-bond acceptors (Lipinski definition) is 3. The van der Waals surface area contributed by atoms with Crippen LogP contribution in [0.4, 0.5) is 4.39 Å². The van der Waals surface area contributed by atoms with Crippen molar-refractivity contribution >= 4 is 0 Å². The third-order valence-electron chi connectivity index (χ3n) is 5.04.